The first-order valence-electron chi connectivity index (χ1n) is 6.24. The summed E-state index contributed by atoms with van der Waals surface area (Å²) in [7, 11) is 1.91. The topological polar surface area (TPSA) is 21.1 Å². The molecule has 0 amide bonds. The number of fused-ring (bicyclic) bond motifs is 1. The Hall–Kier alpha value is -1.04. The van der Waals surface area contributed by atoms with Crippen LogP contribution in [0.4, 0.5) is 13.2 Å². The van der Waals surface area contributed by atoms with Crippen LogP contribution >= 0.6 is 0 Å². The van der Waals surface area contributed by atoms with Crippen LogP contribution in [-0.4, -0.2) is 27.9 Å². The highest BCUT2D eigenvalue weighted by Gasteiger charge is 2.30. The molecule has 6 heteroatoms. The summed E-state index contributed by atoms with van der Waals surface area (Å²) in [4.78, 5) is 2.01. The van der Waals surface area contributed by atoms with Crippen molar-refractivity contribution in [1.29, 1.82) is 0 Å². The number of aromatic nitrogens is 2. The van der Waals surface area contributed by atoms with Crippen LogP contribution in [0.15, 0.2) is 6.20 Å². The fourth-order valence-electron chi connectivity index (χ4n) is 1.63. The lowest BCUT2D eigenvalue weighted by atomic mass is 10.3. The molecule has 0 fully saturated rings. The van der Waals surface area contributed by atoms with Crippen molar-refractivity contribution in [1.82, 2.24) is 14.7 Å². The lowest BCUT2D eigenvalue weighted by Crippen LogP contribution is -2.19. The number of hydrogen-bond acceptors (Lipinski definition) is 2. The van der Waals surface area contributed by atoms with Gasteiger partial charge in [-0.3, -0.25) is 9.58 Å². The summed E-state index contributed by atoms with van der Waals surface area (Å²) < 4.78 is 37.0. The smallest absolute Gasteiger partial charge is 0.296 e. The zero-order valence-corrected chi connectivity index (χ0v) is 11.7. The average molecular weight is 265 g/mol. The van der Waals surface area contributed by atoms with Gasteiger partial charge in [-0.25, -0.2) is 0 Å². The Kier molecular flexibility index (Phi) is 6.98. The Morgan fingerprint density at radius 2 is 1.72 bits per heavy atom. The lowest BCUT2D eigenvalue weighted by molar-refractivity contribution is -0.142. The molecule has 0 radical (unpaired) electrons. The molecule has 1 aromatic heterocycles. The maximum absolute atomic E-state index is 12.0. The maximum atomic E-state index is 12.0. The van der Waals surface area contributed by atoms with Crippen molar-refractivity contribution in [2.45, 2.75) is 53.5 Å². The number of nitrogens with zero attached hydrogens (tertiary/aromatic N) is 3. The average Bonchev–Trinajstić information content (AvgIpc) is 2.77. The van der Waals surface area contributed by atoms with E-state index < -0.39 is 12.7 Å². The van der Waals surface area contributed by atoms with Crippen molar-refractivity contribution in [3.63, 3.8) is 0 Å². The van der Waals surface area contributed by atoms with E-state index in [2.05, 4.69) is 5.10 Å². The predicted octanol–water partition coefficient (Wildman–Crippen LogP) is 3.44. The van der Waals surface area contributed by atoms with Gasteiger partial charge in [0.2, 0.25) is 0 Å². The molecule has 0 unspecified atom stereocenters. The van der Waals surface area contributed by atoms with Crippen LogP contribution in [0.5, 0.6) is 0 Å². The zero-order valence-electron chi connectivity index (χ0n) is 11.7. The van der Waals surface area contributed by atoms with Gasteiger partial charge >= 0.3 is 6.18 Å². The van der Waals surface area contributed by atoms with Gasteiger partial charge in [-0.1, -0.05) is 27.7 Å². The van der Waals surface area contributed by atoms with Gasteiger partial charge < -0.3 is 0 Å². The molecule has 2 heterocycles. The first-order chi connectivity index (χ1) is 8.44. The minimum atomic E-state index is -4.19. The molecule has 2 rings (SSSR count). The van der Waals surface area contributed by atoms with E-state index in [0.29, 0.717) is 13.1 Å². The zero-order chi connectivity index (χ0) is 14.3. The van der Waals surface area contributed by atoms with Crippen molar-refractivity contribution in [3.05, 3.63) is 17.5 Å². The molecule has 0 saturated carbocycles. The van der Waals surface area contributed by atoms with E-state index in [0.717, 1.165) is 15.9 Å². The molecule has 0 aromatic carbocycles. The van der Waals surface area contributed by atoms with Crippen molar-refractivity contribution in [2.75, 3.05) is 7.05 Å². The summed E-state index contributed by atoms with van der Waals surface area (Å²) in [5, 5.41) is 3.88. The molecule has 0 saturated heterocycles. The fourth-order valence-corrected chi connectivity index (χ4v) is 1.63. The molecule has 0 bridgehead atoms. The number of rotatable bonds is 1. The molecule has 0 N–H and O–H groups in total. The molecule has 0 atom stereocenters. The molecule has 1 aromatic rings. The van der Waals surface area contributed by atoms with Crippen LogP contribution in [0.1, 0.15) is 39.0 Å². The van der Waals surface area contributed by atoms with Crippen LogP contribution in [0.25, 0.3) is 0 Å². The van der Waals surface area contributed by atoms with Crippen LogP contribution in [0.2, 0.25) is 0 Å². The third kappa shape index (κ3) is 5.08. The van der Waals surface area contributed by atoms with Crippen LogP contribution in [0, 0.1) is 0 Å². The van der Waals surface area contributed by atoms with E-state index in [9.17, 15) is 13.2 Å². The highest BCUT2D eigenvalue weighted by molar-refractivity contribution is 5.20. The summed E-state index contributed by atoms with van der Waals surface area (Å²) in [5.41, 5.74) is 1.66. The SMILES string of the molecule is CC.CC.CN1Cc2cn(CC(F)(F)F)nc2C1. The first-order valence-corrected chi connectivity index (χ1v) is 6.24. The minimum absolute atomic E-state index is 0.639. The van der Waals surface area contributed by atoms with Crippen molar-refractivity contribution in [2.24, 2.45) is 0 Å². The quantitative estimate of drug-likeness (QED) is 0.775. The van der Waals surface area contributed by atoms with Crippen molar-refractivity contribution < 1.29 is 13.2 Å². The molecular weight excluding hydrogens is 243 g/mol. The third-order valence-corrected chi connectivity index (χ3v) is 2.13. The second-order valence-corrected chi connectivity index (χ2v) is 3.59. The van der Waals surface area contributed by atoms with Crippen LogP contribution < -0.4 is 0 Å². The number of alkyl halides is 3. The lowest BCUT2D eigenvalue weighted by Gasteiger charge is -2.08. The van der Waals surface area contributed by atoms with Gasteiger partial charge in [-0.15, -0.1) is 0 Å². The van der Waals surface area contributed by atoms with Gasteiger partial charge in [-0.05, 0) is 7.05 Å². The van der Waals surface area contributed by atoms with E-state index in [1.54, 1.807) is 0 Å². The van der Waals surface area contributed by atoms with E-state index in [4.69, 9.17) is 0 Å². The number of halogens is 3. The standard InChI is InChI=1S/C8H10F3N3.2C2H6/c1-13-2-6-3-14(5-8(9,10)11)12-7(6)4-13;2*1-2/h3H,2,4-5H2,1H3;2*1-2H3. The van der Waals surface area contributed by atoms with Gasteiger partial charge in [0.15, 0.2) is 0 Å². The van der Waals surface area contributed by atoms with Crippen molar-refractivity contribution in [3.8, 4) is 0 Å². The van der Waals surface area contributed by atoms with E-state index in [1.807, 2.05) is 39.6 Å². The summed E-state index contributed by atoms with van der Waals surface area (Å²) in [6.07, 6.45) is -2.71. The van der Waals surface area contributed by atoms with Gasteiger partial charge in [-0.2, -0.15) is 18.3 Å². The second kappa shape index (κ2) is 7.41. The Morgan fingerprint density at radius 3 is 2.17 bits per heavy atom. The summed E-state index contributed by atoms with van der Waals surface area (Å²) in [6, 6.07) is 0. The molecule has 3 nitrogen and oxygen atoms in total. The molecule has 106 valence electrons. The summed E-state index contributed by atoms with van der Waals surface area (Å²) >= 11 is 0. The normalized spacial score (nSPS) is 14.2. The fraction of sp³-hybridized carbons (Fsp3) is 0.750. The Bertz CT molecular complexity index is 321. The third-order valence-electron chi connectivity index (χ3n) is 2.13. The van der Waals surface area contributed by atoms with E-state index in [-0.39, 0.29) is 0 Å². The second-order valence-electron chi connectivity index (χ2n) is 3.59. The molecule has 1 aliphatic rings. The molecule has 0 aliphatic carbocycles. The van der Waals surface area contributed by atoms with Crippen LogP contribution in [0.3, 0.4) is 0 Å². The minimum Gasteiger partial charge on any atom is -0.296 e. The molecule has 0 spiro atoms. The van der Waals surface area contributed by atoms with Crippen molar-refractivity contribution >= 4 is 0 Å². The van der Waals surface area contributed by atoms with Gasteiger partial charge in [0.25, 0.3) is 0 Å². The summed E-state index contributed by atoms with van der Waals surface area (Å²) in [5.74, 6) is 0. The van der Waals surface area contributed by atoms with Gasteiger partial charge in [0.1, 0.15) is 6.54 Å². The molecular formula is C12H22F3N3. The Morgan fingerprint density at radius 1 is 1.17 bits per heavy atom. The van der Waals surface area contributed by atoms with E-state index >= 15 is 0 Å². The van der Waals surface area contributed by atoms with Gasteiger partial charge in [0, 0.05) is 24.8 Å². The van der Waals surface area contributed by atoms with E-state index in [1.165, 1.54) is 6.20 Å². The highest BCUT2D eigenvalue weighted by atomic mass is 19.4. The maximum Gasteiger partial charge on any atom is 0.408 e. The van der Waals surface area contributed by atoms with Gasteiger partial charge in [0.05, 0.1) is 5.69 Å². The summed E-state index contributed by atoms with van der Waals surface area (Å²) in [6.45, 7) is 8.33. The predicted molar refractivity (Wildman–Crippen MR) is 66.1 cm³/mol. The Balaban J connectivity index is 0.000000659. The highest BCUT2D eigenvalue weighted by Crippen LogP contribution is 2.22. The first kappa shape index (κ1) is 17.0. The number of hydrogen-bond donors (Lipinski definition) is 0. The molecule has 18 heavy (non-hydrogen) atoms. The largest absolute Gasteiger partial charge is 0.408 e. The molecule has 1 aliphatic heterocycles. The monoisotopic (exact) mass is 265 g/mol. The Labute approximate surface area is 107 Å². The van der Waals surface area contributed by atoms with Crippen LogP contribution in [-0.2, 0) is 19.6 Å².